The lowest BCUT2D eigenvalue weighted by Gasteiger charge is -2.13. The van der Waals surface area contributed by atoms with Crippen molar-refractivity contribution in [2.75, 3.05) is 0 Å². The number of aromatic nitrogens is 1. The molecule has 19 heavy (non-hydrogen) atoms. The third-order valence-corrected chi connectivity index (χ3v) is 2.55. The van der Waals surface area contributed by atoms with Gasteiger partial charge in [-0.25, -0.2) is 0 Å². The first-order valence-corrected chi connectivity index (χ1v) is 5.64. The number of nitrogens with zero attached hydrogens (tertiary/aromatic N) is 2. The highest BCUT2D eigenvalue weighted by Gasteiger charge is 2.23. The molecule has 1 aromatic heterocycles. The first-order valence-electron chi connectivity index (χ1n) is 5.64. The Hall–Kier alpha value is -2.38. The highest BCUT2D eigenvalue weighted by atomic mass is 16.6. The largest absolute Gasteiger partial charge is 0.480 e. The molecule has 1 amide bonds. The van der Waals surface area contributed by atoms with E-state index in [1.807, 2.05) is 0 Å². The van der Waals surface area contributed by atoms with Crippen molar-refractivity contribution in [1.82, 2.24) is 9.88 Å². The summed E-state index contributed by atoms with van der Waals surface area (Å²) in [6.07, 6.45) is 1.25. The molecule has 1 heterocycles. The summed E-state index contributed by atoms with van der Waals surface area (Å²) in [6.45, 7) is 4.85. The van der Waals surface area contributed by atoms with Gasteiger partial charge >= 0.3 is 5.97 Å². The van der Waals surface area contributed by atoms with E-state index in [0.717, 1.165) is 6.07 Å². The monoisotopic (exact) mass is 269 g/mol. The standard InChI is InChI=1S/C11H15N3O5/c1-6(2)13-5-8(14(18)19)4-9(13)10(15)12-7(3)11(16)17/h4-7H,1-3H3,(H,12,15)(H,16,17)/t7-/m1/s1. The first-order chi connectivity index (χ1) is 8.73. The Balaban J connectivity index is 3.07. The van der Waals surface area contributed by atoms with Crippen LogP contribution in [0.15, 0.2) is 12.3 Å². The molecule has 0 fully saturated rings. The average molecular weight is 269 g/mol. The minimum atomic E-state index is -1.18. The quantitative estimate of drug-likeness (QED) is 0.615. The van der Waals surface area contributed by atoms with Crippen molar-refractivity contribution in [3.8, 4) is 0 Å². The number of rotatable bonds is 5. The third kappa shape index (κ3) is 3.30. The first kappa shape index (κ1) is 14.7. The van der Waals surface area contributed by atoms with Crippen LogP contribution in [-0.2, 0) is 4.79 Å². The second-order valence-corrected chi connectivity index (χ2v) is 4.38. The summed E-state index contributed by atoms with van der Waals surface area (Å²) in [5.41, 5.74) is -0.142. The molecule has 0 aliphatic heterocycles. The molecule has 0 radical (unpaired) electrons. The van der Waals surface area contributed by atoms with E-state index in [9.17, 15) is 19.7 Å². The van der Waals surface area contributed by atoms with Gasteiger partial charge in [0.1, 0.15) is 11.7 Å². The van der Waals surface area contributed by atoms with Gasteiger partial charge in [-0.05, 0) is 20.8 Å². The summed E-state index contributed by atoms with van der Waals surface area (Å²) in [4.78, 5) is 32.7. The van der Waals surface area contributed by atoms with Crippen molar-refractivity contribution < 1.29 is 19.6 Å². The van der Waals surface area contributed by atoms with Crippen LogP contribution in [0.3, 0.4) is 0 Å². The molecule has 8 nitrogen and oxygen atoms in total. The zero-order chi connectivity index (χ0) is 14.7. The van der Waals surface area contributed by atoms with E-state index in [-0.39, 0.29) is 17.4 Å². The second kappa shape index (κ2) is 5.51. The molecule has 8 heteroatoms. The van der Waals surface area contributed by atoms with Crippen LogP contribution in [0.4, 0.5) is 5.69 Å². The summed E-state index contributed by atoms with van der Waals surface area (Å²) < 4.78 is 1.43. The van der Waals surface area contributed by atoms with E-state index in [1.165, 1.54) is 17.7 Å². The van der Waals surface area contributed by atoms with Crippen LogP contribution < -0.4 is 5.32 Å². The van der Waals surface area contributed by atoms with Crippen molar-refractivity contribution in [1.29, 1.82) is 0 Å². The number of carbonyl (C=O) groups excluding carboxylic acids is 1. The summed E-state index contributed by atoms with van der Waals surface area (Å²) in [5.74, 6) is -1.83. The lowest BCUT2D eigenvalue weighted by molar-refractivity contribution is -0.384. The molecule has 0 spiro atoms. The maximum atomic E-state index is 11.9. The Morgan fingerprint density at radius 2 is 2.00 bits per heavy atom. The fourth-order valence-electron chi connectivity index (χ4n) is 1.51. The number of carboxylic acids is 1. The predicted molar refractivity (Wildman–Crippen MR) is 66.0 cm³/mol. The van der Waals surface area contributed by atoms with Crippen LogP contribution in [0.2, 0.25) is 0 Å². The van der Waals surface area contributed by atoms with E-state index in [4.69, 9.17) is 5.11 Å². The number of amides is 1. The topological polar surface area (TPSA) is 114 Å². The Kier molecular flexibility index (Phi) is 4.26. The molecule has 0 saturated carbocycles. The highest BCUT2D eigenvalue weighted by molar-refractivity contribution is 5.96. The summed E-state index contributed by atoms with van der Waals surface area (Å²) in [7, 11) is 0. The van der Waals surface area contributed by atoms with Gasteiger partial charge in [0.25, 0.3) is 11.6 Å². The summed E-state index contributed by atoms with van der Waals surface area (Å²) in [5, 5.41) is 21.7. The summed E-state index contributed by atoms with van der Waals surface area (Å²) >= 11 is 0. The smallest absolute Gasteiger partial charge is 0.325 e. The van der Waals surface area contributed by atoms with E-state index in [2.05, 4.69) is 5.32 Å². The molecular formula is C11H15N3O5. The predicted octanol–water partition coefficient (Wildman–Crippen LogP) is 1.18. The van der Waals surface area contributed by atoms with Crippen LogP contribution in [0.25, 0.3) is 0 Å². The molecule has 0 unspecified atom stereocenters. The molecule has 2 N–H and O–H groups in total. The van der Waals surface area contributed by atoms with Crippen molar-refractivity contribution in [3.63, 3.8) is 0 Å². The van der Waals surface area contributed by atoms with E-state index < -0.39 is 22.8 Å². The molecule has 0 aromatic carbocycles. The van der Waals surface area contributed by atoms with Crippen LogP contribution in [0, 0.1) is 10.1 Å². The van der Waals surface area contributed by atoms with Gasteiger partial charge < -0.3 is 15.0 Å². The number of nitro groups is 1. The van der Waals surface area contributed by atoms with Crippen molar-refractivity contribution >= 4 is 17.6 Å². The number of nitrogens with one attached hydrogen (secondary N) is 1. The van der Waals surface area contributed by atoms with Crippen molar-refractivity contribution in [3.05, 3.63) is 28.1 Å². The zero-order valence-corrected chi connectivity index (χ0v) is 10.8. The number of hydrogen-bond donors (Lipinski definition) is 2. The normalized spacial score (nSPS) is 12.2. The molecular weight excluding hydrogens is 254 g/mol. The van der Waals surface area contributed by atoms with Gasteiger partial charge in [0, 0.05) is 12.1 Å². The Bertz CT molecular complexity index is 520. The lowest BCUT2D eigenvalue weighted by Crippen LogP contribution is -2.39. The Morgan fingerprint density at radius 1 is 1.42 bits per heavy atom. The second-order valence-electron chi connectivity index (χ2n) is 4.38. The van der Waals surface area contributed by atoms with Gasteiger partial charge in [-0.2, -0.15) is 0 Å². The van der Waals surface area contributed by atoms with Gasteiger partial charge in [0.15, 0.2) is 0 Å². The van der Waals surface area contributed by atoms with Crippen LogP contribution >= 0.6 is 0 Å². The molecule has 1 aromatic rings. The molecule has 104 valence electrons. The Labute approximate surface area is 109 Å². The number of carboxylic acid groups (broad SMARTS) is 1. The maximum Gasteiger partial charge on any atom is 0.325 e. The fraction of sp³-hybridized carbons (Fsp3) is 0.455. The van der Waals surface area contributed by atoms with Crippen molar-refractivity contribution in [2.45, 2.75) is 32.9 Å². The minimum absolute atomic E-state index is 0.0646. The molecule has 0 aliphatic carbocycles. The van der Waals surface area contributed by atoms with Crippen molar-refractivity contribution in [2.24, 2.45) is 0 Å². The van der Waals surface area contributed by atoms with Crippen LogP contribution in [0.5, 0.6) is 0 Å². The molecule has 0 bridgehead atoms. The summed E-state index contributed by atoms with van der Waals surface area (Å²) in [6, 6.07) is -0.0964. The minimum Gasteiger partial charge on any atom is -0.480 e. The zero-order valence-electron chi connectivity index (χ0n) is 10.8. The van der Waals surface area contributed by atoms with E-state index in [1.54, 1.807) is 13.8 Å². The SMILES string of the molecule is CC(C)n1cc([N+](=O)[O-])cc1C(=O)N[C@H](C)C(=O)O. The van der Waals surface area contributed by atoms with Gasteiger partial charge in [0.05, 0.1) is 11.1 Å². The number of carbonyl (C=O) groups is 2. The van der Waals surface area contributed by atoms with Gasteiger partial charge in [-0.1, -0.05) is 0 Å². The van der Waals surface area contributed by atoms with Gasteiger partial charge in [-0.3, -0.25) is 19.7 Å². The van der Waals surface area contributed by atoms with E-state index in [0.29, 0.717) is 0 Å². The average Bonchev–Trinajstić information content (AvgIpc) is 2.73. The molecule has 0 saturated heterocycles. The molecule has 1 atom stereocenters. The lowest BCUT2D eigenvalue weighted by atomic mass is 10.3. The van der Waals surface area contributed by atoms with E-state index >= 15 is 0 Å². The highest BCUT2D eigenvalue weighted by Crippen LogP contribution is 2.20. The molecule has 0 aliphatic rings. The van der Waals surface area contributed by atoms with Crippen LogP contribution in [0.1, 0.15) is 37.3 Å². The fourth-order valence-corrected chi connectivity index (χ4v) is 1.51. The maximum absolute atomic E-state index is 11.9. The Morgan fingerprint density at radius 3 is 2.42 bits per heavy atom. The van der Waals surface area contributed by atoms with Crippen LogP contribution in [-0.4, -0.2) is 32.5 Å². The molecule has 1 rings (SSSR count). The van der Waals surface area contributed by atoms with Gasteiger partial charge in [-0.15, -0.1) is 0 Å². The number of aliphatic carboxylic acids is 1. The third-order valence-electron chi connectivity index (χ3n) is 2.55. The number of hydrogen-bond acceptors (Lipinski definition) is 4. The van der Waals surface area contributed by atoms with Gasteiger partial charge in [0.2, 0.25) is 0 Å².